The second-order valence-corrected chi connectivity index (χ2v) is 15.2. The molecule has 3 aromatic heterocycles. The molecular weight excluding hydrogens is 699 g/mol. The van der Waals surface area contributed by atoms with Crippen LogP contribution in [-0.2, 0) is 0 Å². The minimum absolute atomic E-state index is 0.0152. The number of para-hydroxylation sites is 1. The van der Waals surface area contributed by atoms with Gasteiger partial charge in [0.2, 0.25) is 0 Å². The van der Waals surface area contributed by atoms with Crippen LogP contribution in [0.2, 0.25) is 0 Å². The van der Waals surface area contributed by atoms with Gasteiger partial charge in [-0.05, 0) is 59.0 Å². The zero-order valence-electron chi connectivity index (χ0n) is 30.8. The number of fused-ring (bicyclic) bond motifs is 7. The maximum atomic E-state index is 5.31. The van der Waals surface area contributed by atoms with Crippen molar-refractivity contribution in [1.82, 2.24) is 14.5 Å². The Balaban J connectivity index is 1.31. The Morgan fingerprint density at radius 1 is 0.661 bits per heavy atom. The summed E-state index contributed by atoms with van der Waals surface area (Å²) >= 11 is 1.89. The predicted molar refractivity (Wildman–Crippen MR) is 240 cm³/mol. The topological polar surface area (TPSA) is 30.7 Å². The average Bonchev–Trinajstić information content (AvgIpc) is 3.81. The molecule has 0 bridgehead atoms. The van der Waals surface area contributed by atoms with Crippen molar-refractivity contribution in [3.63, 3.8) is 0 Å². The summed E-state index contributed by atoms with van der Waals surface area (Å²) in [6, 6.07) is 56.5. The molecule has 0 fully saturated rings. The highest BCUT2D eigenvalue weighted by Gasteiger charge is 2.32. The van der Waals surface area contributed by atoms with Gasteiger partial charge >= 0.3 is 0 Å². The van der Waals surface area contributed by atoms with Crippen LogP contribution in [0, 0.1) is 0 Å². The van der Waals surface area contributed by atoms with Crippen LogP contribution in [0.5, 0.6) is 0 Å². The van der Waals surface area contributed by atoms with Gasteiger partial charge in [0, 0.05) is 53.7 Å². The lowest BCUT2D eigenvalue weighted by molar-refractivity contribution is 0.837. The molecule has 10 rings (SSSR count). The molecule has 6 aromatic carbocycles. The maximum Gasteiger partial charge on any atom is 0.156 e. The summed E-state index contributed by atoms with van der Waals surface area (Å²) in [6.45, 7) is 8.09. The smallest absolute Gasteiger partial charge is 0.156 e. The molecule has 0 saturated heterocycles. The predicted octanol–water partition coefficient (Wildman–Crippen LogP) is 14.0. The molecule has 1 unspecified atom stereocenters. The van der Waals surface area contributed by atoms with E-state index in [1.807, 2.05) is 29.6 Å². The van der Waals surface area contributed by atoms with Crippen molar-refractivity contribution in [3.8, 4) is 11.3 Å². The number of hydrogen-bond acceptors (Lipinski definition) is 3. The molecule has 56 heavy (non-hydrogen) atoms. The van der Waals surface area contributed by atoms with E-state index in [2.05, 4.69) is 175 Å². The van der Waals surface area contributed by atoms with E-state index in [-0.39, 0.29) is 5.92 Å². The van der Waals surface area contributed by atoms with Crippen LogP contribution >= 0.6 is 11.3 Å². The molecule has 0 amide bonds. The Bertz CT molecular complexity index is 3070. The lowest BCUT2D eigenvalue weighted by atomic mass is 9.80. The zero-order valence-corrected chi connectivity index (χ0v) is 31.6. The largest absolute Gasteiger partial charge is 0.312 e. The van der Waals surface area contributed by atoms with Crippen molar-refractivity contribution in [1.29, 1.82) is 0 Å². The summed E-state index contributed by atoms with van der Waals surface area (Å²) in [4.78, 5) is 10.6. The summed E-state index contributed by atoms with van der Waals surface area (Å²) < 4.78 is 5.19. The first-order chi connectivity index (χ1) is 27.7. The van der Waals surface area contributed by atoms with Crippen molar-refractivity contribution in [3.05, 3.63) is 218 Å². The van der Waals surface area contributed by atoms with Crippen LogP contribution in [0.3, 0.4) is 0 Å². The fraction of sp³-hybridized carbons (Fsp3) is 0.0385. The molecule has 1 aliphatic rings. The molecule has 3 nitrogen and oxygen atoms in total. The van der Waals surface area contributed by atoms with Crippen LogP contribution in [0.15, 0.2) is 195 Å². The summed E-state index contributed by atoms with van der Waals surface area (Å²) in [5.74, 6) is 0.694. The monoisotopic (exact) mass is 735 g/mol. The first-order valence-electron chi connectivity index (χ1n) is 19.0. The fourth-order valence-corrected chi connectivity index (χ4v) is 9.69. The molecule has 0 radical (unpaired) electrons. The Hall–Kier alpha value is -6.88. The van der Waals surface area contributed by atoms with Gasteiger partial charge in [-0.25, -0.2) is 9.97 Å². The van der Waals surface area contributed by atoms with E-state index in [0.717, 1.165) is 39.2 Å². The van der Waals surface area contributed by atoms with Crippen LogP contribution < -0.4 is 0 Å². The quantitative estimate of drug-likeness (QED) is 0.146. The third kappa shape index (κ3) is 5.66. The summed E-state index contributed by atoms with van der Waals surface area (Å²) in [5.41, 5.74) is 11.9. The Kier molecular flexibility index (Phi) is 8.46. The standard InChI is InChI=1S/C52H37N3S/c1-3-18-34(4-2)44-33-45(37-23-12-7-13-24-37)54-52(53-44)38-31-42(35-19-8-5-9-20-35)50(43(32-38)36-21-10-6-11-22-36)55-46-27-16-14-26-41(46)49-47(55)30-29-40-39-25-15-17-28-48(39)56-51(40)49/h3-31,33,43H,1-2,32H2/b34-18+. The van der Waals surface area contributed by atoms with Crippen LogP contribution in [0.25, 0.3) is 75.7 Å². The van der Waals surface area contributed by atoms with E-state index in [9.17, 15) is 0 Å². The first kappa shape index (κ1) is 33.7. The van der Waals surface area contributed by atoms with E-state index in [4.69, 9.17) is 9.97 Å². The Morgan fingerprint density at radius 2 is 1.34 bits per heavy atom. The number of aromatic nitrogens is 3. The third-order valence-electron chi connectivity index (χ3n) is 11.0. The van der Waals surface area contributed by atoms with E-state index in [1.54, 1.807) is 6.08 Å². The van der Waals surface area contributed by atoms with E-state index < -0.39 is 0 Å². The molecule has 9 aromatic rings. The van der Waals surface area contributed by atoms with Gasteiger partial charge in [-0.3, -0.25) is 0 Å². The third-order valence-corrected chi connectivity index (χ3v) is 12.2. The molecule has 1 atom stereocenters. The van der Waals surface area contributed by atoms with Gasteiger partial charge in [0.25, 0.3) is 0 Å². The summed E-state index contributed by atoms with van der Waals surface area (Å²) in [7, 11) is 0. The maximum absolute atomic E-state index is 5.31. The van der Waals surface area contributed by atoms with Gasteiger partial charge in [-0.15, -0.1) is 11.3 Å². The highest BCUT2D eigenvalue weighted by Crippen LogP contribution is 2.50. The molecule has 3 heterocycles. The number of rotatable bonds is 8. The van der Waals surface area contributed by atoms with E-state index in [1.165, 1.54) is 53.2 Å². The Morgan fingerprint density at radius 3 is 2.09 bits per heavy atom. The summed E-state index contributed by atoms with van der Waals surface area (Å²) in [6.07, 6.45) is 8.64. The SMILES string of the molecule is C=C/C=C(\C=C)c1cc(-c2ccccc2)nc(C2=CC(c3ccccc3)=C(n3c4ccccc4c4c5sc6ccccc6c5ccc43)C(c3ccccc3)C2)n1. The molecule has 4 heteroatoms. The molecule has 0 N–H and O–H groups in total. The highest BCUT2D eigenvalue weighted by molar-refractivity contribution is 7.26. The van der Waals surface area contributed by atoms with Crippen molar-refractivity contribution in [2.75, 3.05) is 0 Å². The van der Waals surface area contributed by atoms with Crippen LogP contribution in [-0.4, -0.2) is 14.5 Å². The van der Waals surface area contributed by atoms with E-state index >= 15 is 0 Å². The molecule has 0 aliphatic heterocycles. The number of benzene rings is 6. The molecule has 1 aliphatic carbocycles. The fourth-order valence-electron chi connectivity index (χ4n) is 8.43. The van der Waals surface area contributed by atoms with Gasteiger partial charge < -0.3 is 4.57 Å². The highest BCUT2D eigenvalue weighted by atomic mass is 32.1. The number of nitrogens with zero attached hydrogens (tertiary/aromatic N) is 3. The van der Waals surface area contributed by atoms with Crippen molar-refractivity contribution >= 4 is 75.7 Å². The first-order valence-corrected chi connectivity index (χ1v) is 19.8. The number of hydrogen-bond donors (Lipinski definition) is 0. The number of allylic oxidation sites excluding steroid dienone is 8. The van der Waals surface area contributed by atoms with Gasteiger partial charge in [-0.1, -0.05) is 165 Å². The average molecular weight is 736 g/mol. The minimum atomic E-state index is -0.0152. The van der Waals surface area contributed by atoms with Crippen LogP contribution in [0.4, 0.5) is 0 Å². The summed E-state index contributed by atoms with van der Waals surface area (Å²) in [5, 5.41) is 5.17. The minimum Gasteiger partial charge on any atom is -0.312 e. The van der Waals surface area contributed by atoms with Crippen molar-refractivity contribution in [2.24, 2.45) is 0 Å². The molecular formula is C52H37N3S. The van der Waals surface area contributed by atoms with Crippen LogP contribution in [0.1, 0.15) is 35.0 Å². The Labute approximate surface area is 330 Å². The van der Waals surface area contributed by atoms with Gasteiger partial charge in [0.15, 0.2) is 5.82 Å². The molecule has 0 spiro atoms. The van der Waals surface area contributed by atoms with Gasteiger partial charge in [-0.2, -0.15) is 0 Å². The molecule has 266 valence electrons. The second-order valence-electron chi connectivity index (χ2n) is 14.2. The molecule has 0 saturated carbocycles. The second kappa shape index (κ2) is 14.1. The van der Waals surface area contributed by atoms with Gasteiger partial charge in [0.1, 0.15) is 0 Å². The zero-order chi connectivity index (χ0) is 37.6. The van der Waals surface area contributed by atoms with Gasteiger partial charge in [0.05, 0.1) is 22.4 Å². The lowest BCUT2D eigenvalue weighted by Gasteiger charge is -2.31. The van der Waals surface area contributed by atoms with E-state index in [0.29, 0.717) is 12.2 Å². The van der Waals surface area contributed by atoms with Crippen molar-refractivity contribution < 1.29 is 0 Å². The number of thiophene rings is 1. The normalized spacial score (nSPS) is 14.8. The lowest BCUT2D eigenvalue weighted by Crippen LogP contribution is -2.16. The van der Waals surface area contributed by atoms with Crippen molar-refractivity contribution in [2.45, 2.75) is 12.3 Å².